The third kappa shape index (κ3) is 15.0. The standard InChI is InChI=1S/C19H36N2O6/c1-8-25-15(22)13-21-14(16(23)26-18(2,3)4)11-9-10-12-20-17(24)27-19(5,6)7/h14,21H,8-13H2,1-7H3,(H,20,24)/t14-/m0/s1. The molecule has 0 saturated carbocycles. The smallest absolute Gasteiger partial charge is 0.407 e. The van der Waals surface area contributed by atoms with Crippen LogP contribution in [0.2, 0.25) is 0 Å². The highest BCUT2D eigenvalue weighted by Crippen LogP contribution is 2.12. The van der Waals surface area contributed by atoms with E-state index in [1.165, 1.54) is 0 Å². The first-order chi connectivity index (χ1) is 12.3. The third-order valence-corrected chi connectivity index (χ3v) is 3.08. The van der Waals surface area contributed by atoms with Crippen molar-refractivity contribution in [3.8, 4) is 0 Å². The summed E-state index contributed by atoms with van der Waals surface area (Å²) in [6.07, 6.45) is 1.34. The van der Waals surface area contributed by atoms with Gasteiger partial charge in [-0.05, 0) is 67.7 Å². The minimum absolute atomic E-state index is 0.0616. The maximum atomic E-state index is 12.3. The van der Waals surface area contributed by atoms with Gasteiger partial charge in [0.2, 0.25) is 0 Å². The fraction of sp³-hybridized carbons (Fsp3) is 0.842. The van der Waals surface area contributed by atoms with Gasteiger partial charge in [0.1, 0.15) is 17.2 Å². The normalized spacial score (nSPS) is 12.9. The second-order valence-corrected chi connectivity index (χ2v) is 8.20. The van der Waals surface area contributed by atoms with E-state index in [4.69, 9.17) is 14.2 Å². The predicted molar refractivity (Wildman–Crippen MR) is 102 cm³/mol. The van der Waals surface area contributed by atoms with E-state index in [0.29, 0.717) is 25.8 Å². The Bertz CT molecular complexity index is 480. The van der Waals surface area contributed by atoms with Crippen molar-refractivity contribution in [1.82, 2.24) is 10.6 Å². The van der Waals surface area contributed by atoms with E-state index in [2.05, 4.69) is 10.6 Å². The van der Waals surface area contributed by atoms with Crippen molar-refractivity contribution in [2.75, 3.05) is 19.7 Å². The van der Waals surface area contributed by atoms with Crippen LogP contribution < -0.4 is 10.6 Å². The molecular formula is C19H36N2O6. The Morgan fingerprint density at radius 1 is 0.926 bits per heavy atom. The van der Waals surface area contributed by atoms with Gasteiger partial charge < -0.3 is 19.5 Å². The number of alkyl carbamates (subject to hydrolysis) is 1. The minimum Gasteiger partial charge on any atom is -0.465 e. The molecule has 0 aliphatic rings. The zero-order valence-corrected chi connectivity index (χ0v) is 17.8. The van der Waals surface area contributed by atoms with E-state index >= 15 is 0 Å². The van der Waals surface area contributed by atoms with Gasteiger partial charge in [0.15, 0.2) is 0 Å². The molecule has 8 nitrogen and oxygen atoms in total. The van der Waals surface area contributed by atoms with Crippen LogP contribution in [0.1, 0.15) is 67.7 Å². The highest BCUT2D eigenvalue weighted by atomic mass is 16.6. The summed E-state index contributed by atoms with van der Waals surface area (Å²) in [5.74, 6) is -0.829. The first kappa shape index (κ1) is 25.2. The van der Waals surface area contributed by atoms with Gasteiger partial charge in [-0.15, -0.1) is 0 Å². The predicted octanol–water partition coefficient (Wildman–Crippen LogP) is 2.54. The van der Waals surface area contributed by atoms with Crippen LogP contribution in [-0.2, 0) is 23.8 Å². The second kappa shape index (κ2) is 11.8. The monoisotopic (exact) mass is 388 g/mol. The molecule has 0 unspecified atom stereocenters. The fourth-order valence-corrected chi connectivity index (χ4v) is 2.07. The van der Waals surface area contributed by atoms with Crippen molar-refractivity contribution >= 4 is 18.0 Å². The summed E-state index contributed by atoms with van der Waals surface area (Å²) in [6.45, 7) is 13.2. The summed E-state index contributed by atoms with van der Waals surface area (Å²) >= 11 is 0. The Labute approximate surface area is 162 Å². The van der Waals surface area contributed by atoms with E-state index in [1.807, 2.05) is 0 Å². The topological polar surface area (TPSA) is 103 Å². The third-order valence-electron chi connectivity index (χ3n) is 3.08. The Balaban J connectivity index is 4.39. The zero-order chi connectivity index (χ0) is 21.1. The summed E-state index contributed by atoms with van der Waals surface area (Å²) in [7, 11) is 0. The van der Waals surface area contributed by atoms with Crippen LogP contribution in [0.15, 0.2) is 0 Å². The molecule has 0 saturated heterocycles. The molecule has 0 bridgehead atoms. The van der Waals surface area contributed by atoms with Gasteiger partial charge >= 0.3 is 18.0 Å². The average Bonchev–Trinajstić information content (AvgIpc) is 2.46. The maximum Gasteiger partial charge on any atom is 0.407 e. The number of ether oxygens (including phenoxy) is 3. The molecule has 0 rings (SSSR count). The van der Waals surface area contributed by atoms with Gasteiger partial charge in [-0.2, -0.15) is 0 Å². The number of carbonyl (C=O) groups is 3. The lowest BCUT2D eigenvalue weighted by Crippen LogP contribution is -2.43. The number of nitrogens with one attached hydrogen (secondary N) is 2. The number of hydrogen-bond acceptors (Lipinski definition) is 7. The average molecular weight is 389 g/mol. The maximum absolute atomic E-state index is 12.3. The van der Waals surface area contributed by atoms with Gasteiger partial charge in [-0.25, -0.2) is 4.79 Å². The van der Waals surface area contributed by atoms with Crippen molar-refractivity contribution < 1.29 is 28.6 Å². The highest BCUT2D eigenvalue weighted by Gasteiger charge is 2.25. The molecule has 0 aliphatic heterocycles. The van der Waals surface area contributed by atoms with Crippen molar-refractivity contribution in [2.45, 2.75) is 85.0 Å². The van der Waals surface area contributed by atoms with E-state index in [0.717, 1.165) is 0 Å². The van der Waals surface area contributed by atoms with E-state index in [1.54, 1.807) is 48.5 Å². The molecule has 0 aromatic carbocycles. The van der Waals surface area contributed by atoms with Gasteiger partial charge in [0.25, 0.3) is 0 Å². The molecule has 2 N–H and O–H groups in total. The molecule has 0 aliphatic carbocycles. The van der Waals surface area contributed by atoms with E-state index < -0.39 is 35.3 Å². The molecule has 8 heteroatoms. The molecule has 27 heavy (non-hydrogen) atoms. The van der Waals surface area contributed by atoms with E-state index in [9.17, 15) is 14.4 Å². The second-order valence-electron chi connectivity index (χ2n) is 8.20. The lowest BCUT2D eigenvalue weighted by molar-refractivity contribution is -0.158. The van der Waals surface area contributed by atoms with Crippen LogP contribution in [0.25, 0.3) is 0 Å². The Hall–Kier alpha value is -1.83. The van der Waals surface area contributed by atoms with Crippen molar-refractivity contribution in [1.29, 1.82) is 0 Å². The van der Waals surface area contributed by atoms with Gasteiger partial charge in [-0.1, -0.05) is 0 Å². The number of unbranched alkanes of at least 4 members (excludes halogenated alkanes) is 1. The lowest BCUT2D eigenvalue weighted by atomic mass is 10.1. The molecule has 0 heterocycles. The van der Waals surface area contributed by atoms with Crippen LogP contribution in [0.3, 0.4) is 0 Å². The van der Waals surface area contributed by atoms with Crippen LogP contribution in [0.5, 0.6) is 0 Å². The van der Waals surface area contributed by atoms with Crippen molar-refractivity contribution in [2.24, 2.45) is 0 Å². The van der Waals surface area contributed by atoms with Crippen molar-refractivity contribution in [3.05, 3.63) is 0 Å². The van der Waals surface area contributed by atoms with Gasteiger partial charge in [0, 0.05) is 6.54 Å². The van der Waals surface area contributed by atoms with E-state index in [-0.39, 0.29) is 13.2 Å². The lowest BCUT2D eigenvalue weighted by Gasteiger charge is -2.24. The summed E-state index contributed by atoms with van der Waals surface area (Å²) in [4.78, 5) is 35.4. The Morgan fingerprint density at radius 2 is 1.52 bits per heavy atom. The number of hydrogen-bond donors (Lipinski definition) is 2. The number of esters is 2. The molecular weight excluding hydrogens is 352 g/mol. The van der Waals surface area contributed by atoms with Crippen LogP contribution in [0.4, 0.5) is 4.79 Å². The first-order valence-electron chi connectivity index (χ1n) is 9.43. The number of carbonyl (C=O) groups excluding carboxylic acids is 3. The molecule has 0 aromatic rings. The molecule has 158 valence electrons. The van der Waals surface area contributed by atoms with Crippen LogP contribution in [0, 0.1) is 0 Å². The highest BCUT2D eigenvalue weighted by molar-refractivity contribution is 5.78. The zero-order valence-electron chi connectivity index (χ0n) is 17.8. The first-order valence-corrected chi connectivity index (χ1v) is 9.43. The number of rotatable bonds is 10. The van der Waals surface area contributed by atoms with Gasteiger partial charge in [0.05, 0.1) is 13.2 Å². The molecule has 0 fully saturated rings. The fourth-order valence-electron chi connectivity index (χ4n) is 2.07. The Morgan fingerprint density at radius 3 is 2.04 bits per heavy atom. The summed E-state index contributed by atoms with van der Waals surface area (Å²) in [6, 6.07) is -0.616. The summed E-state index contributed by atoms with van der Waals surface area (Å²) in [5, 5.41) is 5.57. The van der Waals surface area contributed by atoms with Gasteiger partial charge in [-0.3, -0.25) is 14.9 Å². The quantitative estimate of drug-likeness (QED) is 0.337. The van der Waals surface area contributed by atoms with Crippen LogP contribution >= 0.6 is 0 Å². The molecule has 0 spiro atoms. The largest absolute Gasteiger partial charge is 0.465 e. The Kier molecular flexibility index (Phi) is 11.0. The summed E-state index contributed by atoms with van der Waals surface area (Å²) in [5.41, 5.74) is -1.15. The number of amides is 1. The molecule has 0 radical (unpaired) electrons. The summed E-state index contributed by atoms with van der Waals surface area (Å²) < 4.78 is 15.4. The van der Waals surface area contributed by atoms with Crippen LogP contribution in [-0.4, -0.2) is 55.0 Å². The molecule has 1 amide bonds. The SMILES string of the molecule is CCOC(=O)CN[C@@H](CCCCNC(=O)OC(C)(C)C)C(=O)OC(C)(C)C. The minimum atomic E-state index is -0.616. The molecule has 0 aromatic heterocycles. The van der Waals surface area contributed by atoms with Crippen molar-refractivity contribution in [3.63, 3.8) is 0 Å². The molecule has 1 atom stereocenters.